The average Bonchev–Trinajstić information content (AvgIpc) is 2.94. The fourth-order valence-electron chi connectivity index (χ4n) is 2.14. The van der Waals surface area contributed by atoms with E-state index in [-0.39, 0.29) is 5.82 Å². The third-order valence-corrected chi connectivity index (χ3v) is 3.26. The topological polar surface area (TPSA) is 53.7 Å². The summed E-state index contributed by atoms with van der Waals surface area (Å²) in [5, 5.41) is 9.05. The zero-order valence-electron chi connectivity index (χ0n) is 11.8. The fraction of sp³-hybridized carbons (Fsp3) is 0.312. The number of hydrogen-bond donors (Lipinski definition) is 1. The molecule has 1 aromatic carbocycles. The quantitative estimate of drug-likeness (QED) is 0.851. The van der Waals surface area contributed by atoms with Crippen LogP contribution in [0.4, 0.5) is 4.39 Å². The predicted molar refractivity (Wildman–Crippen MR) is 76.0 cm³/mol. The lowest BCUT2D eigenvalue weighted by molar-refractivity contribution is -0.141. The first-order valence-electron chi connectivity index (χ1n) is 6.77. The molecule has 0 fully saturated rings. The Labute approximate surface area is 122 Å². The van der Waals surface area contributed by atoms with Crippen molar-refractivity contribution in [2.24, 2.45) is 5.92 Å². The Morgan fingerprint density at radius 2 is 2.05 bits per heavy atom. The van der Waals surface area contributed by atoms with Crippen LogP contribution in [0.25, 0.3) is 0 Å². The summed E-state index contributed by atoms with van der Waals surface area (Å²) in [7, 11) is 0. The van der Waals surface area contributed by atoms with Crippen LogP contribution < -0.4 is 0 Å². The number of halogens is 1. The monoisotopic (exact) mass is 291 g/mol. The molecule has 0 radical (unpaired) electrons. The van der Waals surface area contributed by atoms with E-state index in [1.54, 1.807) is 37.5 Å². The van der Waals surface area contributed by atoms with Crippen LogP contribution in [-0.2, 0) is 17.9 Å². The number of carbonyl (C=O) groups is 1. The highest BCUT2D eigenvalue weighted by atomic mass is 19.1. The van der Waals surface area contributed by atoms with Crippen LogP contribution in [-0.4, -0.2) is 22.5 Å². The number of nitrogens with zero attached hydrogens (tertiary/aromatic N) is 1. The van der Waals surface area contributed by atoms with E-state index in [1.807, 2.05) is 11.0 Å². The second kappa shape index (κ2) is 7.04. The Balaban J connectivity index is 2.11. The van der Waals surface area contributed by atoms with Crippen molar-refractivity contribution in [3.63, 3.8) is 0 Å². The number of rotatable bonds is 7. The minimum absolute atomic E-state index is 0.287. The molecule has 0 aliphatic heterocycles. The van der Waals surface area contributed by atoms with Gasteiger partial charge in [-0.3, -0.25) is 9.69 Å². The van der Waals surface area contributed by atoms with Crippen LogP contribution in [0.5, 0.6) is 0 Å². The molecule has 0 aliphatic rings. The summed E-state index contributed by atoms with van der Waals surface area (Å²) >= 11 is 0. The van der Waals surface area contributed by atoms with E-state index < -0.39 is 11.9 Å². The molecule has 0 spiro atoms. The highest BCUT2D eigenvalue weighted by Gasteiger charge is 2.18. The highest BCUT2D eigenvalue weighted by molar-refractivity contribution is 5.69. The number of aliphatic carboxylic acids is 1. The van der Waals surface area contributed by atoms with Gasteiger partial charge in [0.2, 0.25) is 0 Å². The second-order valence-electron chi connectivity index (χ2n) is 5.08. The van der Waals surface area contributed by atoms with E-state index >= 15 is 0 Å². The summed E-state index contributed by atoms with van der Waals surface area (Å²) in [6.45, 7) is 2.74. The average molecular weight is 291 g/mol. The lowest BCUT2D eigenvalue weighted by Crippen LogP contribution is -2.31. The molecule has 0 bridgehead atoms. The first-order chi connectivity index (χ1) is 10.1. The number of carboxylic acids is 1. The van der Waals surface area contributed by atoms with Gasteiger partial charge in [-0.2, -0.15) is 0 Å². The van der Waals surface area contributed by atoms with Crippen LogP contribution in [0.1, 0.15) is 18.2 Å². The molecule has 112 valence electrons. The maximum absolute atomic E-state index is 13.8. The summed E-state index contributed by atoms with van der Waals surface area (Å²) < 4.78 is 19.0. The van der Waals surface area contributed by atoms with Crippen molar-refractivity contribution in [2.75, 3.05) is 6.54 Å². The molecule has 2 aromatic rings. The van der Waals surface area contributed by atoms with Crippen molar-refractivity contribution >= 4 is 5.97 Å². The first kappa shape index (κ1) is 15.3. The standard InChI is InChI=1S/C16H18FNO3/c1-12(16(19)20)9-18(11-14-6-4-8-21-14)10-13-5-2-3-7-15(13)17/h2-8,12H,9-11H2,1H3,(H,19,20). The summed E-state index contributed by atoms with van der Waals surface area (Å²) in [5.74, 6) is -0.964. The lowest BCUT2D eigenvalue weighted by atomic mass is 10.1. The second-order valence-corrected chi connectivity index (χ2v) is 5.08. The molecule has 1 atom stereocenters. The van der Waals surface area contributed by atoms with Gasteiger partial charge in [0, 0.05) is 18.7 Å². The van der Waals surface area contributed by atoms with Gasteiger partial charge in [0.15, 0.2) is 0 Å². The van der Waals surface area contributed by atoms with Gasteiger partial charge in [-0.15, -0.1) is 0 Å². The summed E-state index contributed by atoms with van der Waals surface area (Å²) in [5.41, 5.74) is 0.543. The number of furan rings is 1. The SMILES string of the molecule is CC(CN(Cc1ccco1)Cc1ccccc1F)C(=O)O. The van der Waals surface area contributed by atoms with E-state index in [0.29, 0.717) is 25.2 Å². The maximum Gasteiger partial charge on any atom is 0.307 e. The highest BCUT2D eigenvalue weighted by Crippen LogP contribution is 2.15. The Bertz CT molecular complexity index is 583. The molecule has 0 amide bonds. The lowest BCUT2D eigenvalue weighted by Gasteiger charge is -2.23. The van der Waals surface area contributed by atoms with E-state index in [0.717, 1.165) is 5.76 Å². The minimum atomic E-state index is -0.868. The Morgan fingerprint density at radius 3 is 2.67 bits per heavy atom. The van der Waals surface area contributed by atoms with Gasteiger partial charge >= 0.3 is 5.97 Å². The molecule has 1 unspecified atom stereocenters. The predicted octanol–water partition coefficient (Wildman–Crippen LogP) is 3.14. The molecule has 4 nitrogen and oxygen atoms in total. The van der Waals surface area contributed by atoms with Gasteiger partial charge in [0.05, 0.1) is 18.7 Å². The zero-order valence-corrected chi connectivity index (χ0v) is 11.8. The molecular weight excluding hydrogens is 273 g/mol. The van der Waals surface area contributed by atoms with E-state index in [2.05, 4.69) is 0 Å². The van der Waals surface area contributed by atoms with E-state index in [1.165, 1.54) is 6.07 Å². The molecule has 21 heavy (non-hydrogen) atoms. The molecule has 0 saturated heterocycles. The number of benzene rings is 1. The van der Waals surface area contributed by atoms with Gasteiger partial charge < -0.3 is 9.52 Å². The van der Waals surface area contributed by atoms with Gasteiger partial charge in [-0.1, -0.05) is 25.1 Å². The van der Waals surface area contributed by atoms with Gasteiger partial charge in [0.25, 0.3) is 0 Å². The van der Waals surface area contributed by atoms with Crippen molar-refractivity contribution < 1.29 is 18.7 Å². The molecule has 5 heteroatoms. The smallest absolute Gasteiger partial charge is 0.307 e. The molecule has 1 heterocycles. The van der Waals surface area contributed by atoms with Crippen LogP contribution in [0.3, 0.4) is 0 Å². The summed E-state index contributed by atoms with van der Waals surface area (Å²) in [6, 6.07) is 10.1. The molecule has 2 rings (SSSR count). The van der Waals surface area contributed by atoms with E-state index in [9.17, 15) is 9.18 Å². The Hall–Kier alpha value is -2.14. The minimum Gasteiger partial charge on any atom is -0.481 e. The van der Waals surface area contributed by atoms with Crippen LogP contribution in [0.2, 0.25) is 0 Å². The van der Waals surface area contributed by atoms with Crippen molar-refractivity contribution in [1.29, 1.82) is 0 Å². The fourth-order valence-corrected chi connectivity index (χ4v) is 2.14. The molecule has 1 N–H and O–H groups in total. The first-order valence-corrected chi connectivity index (χ1v) is 6.77. The summed E-state index contributed by atoms with van der Waals surface area (Å²) in [4.78, 5) is 12.9. The van der Waals surface area contributed by atoms with Crippen molar-refractivity contribution in [3.8, 4) is 0 Å². The maximum atomic E-state index is 13.8. The molecule has 1 aromatic heterocycles. The zero-order chi connectivity index (χ0) is 15.2. The summed E-state index contributed by atoms with van der Waals surface area (Å²) in [6.07, 6.45) is 1.57. The largest absolute Gasteiger partial charge is 0.481 e. The van der Waals surface area contributed by atoms with Crippen molar-refractivity contribution in [3.05, 3.63) is 59.8 Å². The number of carboxylic acid groups (broad SMARTS) is 1. The van der Waals surface area contributed by atoms with Crippen LogP contribution >= 0.6 is 0 Å². The third-order valence-electron chi connectivity index (χ3n) is 3.26. The molecular formula is C16H18FNO3. The Kier molecular flexibility index (Phi) is 5.11. The van der Waals surface area contributed by atoms with Gasteiger partial charge in [0.1, 0.15) is 11.6 Å². The molecule has 0 saturated carbocycles. The van der Waals surface area contributed by atoms with Crippen molar-refractivity contribution in [2.45, 2.75) is 20.0 Å². The molecule has 0 aliphatic carbocycles. The van der Waals surface area contributed by atoms with Crippen LogP contribution in [0, 0.1) is 11.7 Å². The third kappa shape index (κ3) is 4.43. The Morgan fingerprint density at radius 1 is 1.29 bits per heavy atom. The van der Waals surface area contributed by atoms with Gasteiger partial charge in [-0.05, 0) is 18.2 Å². The normalized spacial score (nSPS) is 12.5. The van der Waals surface area contributed by atoms with Crippen molar-refractivity contribution in [1.82, 2.24) is 4.90 Å². The van der Waals surface area contributed by atoms with Gasteiger partial charge in [-0.25, -0.2) is 4.39 Å². The van der Waals surface area contributed by atoms with Crippen LogP contribution in [0.15, 0.2) is 47.1 Å². The number of hydrogen-bond acceptors (Lipinski definition) is 3. The van der Waals surface area contributed by atoms with E-state index in [4.69, 9.17) is 9.52 Å².